The molecule has 27 heavy (non-hydrogen) atoms. The zero-order chi connectivity index (χ0) is 21.1. The molecule has 0 amide bonds. The molecule has 1 unspecified atom stereocenters. The Morgan fingerprint density at radius 1 is 0.778 bits per heavy atom. The van der Waals surface area contributed by atoms with Gasteiger partial charge in [0.05, 0.1) is 12.7 Å². The highest BCUT2D eigenvalue weighted by Gasteiger charge is 2.86. The molecular weight excluding hydrogens is 409 g/mol. The zero-order valence-electron chi connectivity index (χ0n) is 13.7. The van der Waals surface area contributed by atoms with Crippen LogP contribution < -0.4 is 0 Å². The van der Waals surface area contributed by atoms with Gasteiger partial charge >= 0.3 is 29.9 Å². The molecule has 0 aromatic heterocycles. The molecular formula is C14H17F11O2. The third-order valence-electron chi connectivity index (χ3n) is 3.96. The van der Waals surface area contributed by atoms with Crippen LogP contribution in [0.1, 0.15) is 32.1 Å². The number of halogens is 11. The van der Waals surface area contributed by atoms with Gasteiger partial charge in [0, 0.05) is 19.6 Å². The molecule has 1 atom stereocenters. The fraction of sp³-hybridized carbons (Fsp3) is 1.00. The van der Waals surface area contributed by atoms with Crippen LogP contribution in [0.5, 0.6) is 0 Å². The topological polar surface area (TPSA) is 18.5 Å². The van der Waals surface area contributed by atoms with Gasteiger partial charge in [-0.2, -0.15) is 48.3 Å². The van der Waals surface area contributed by atoms with Crippen molar-refractivity contribution in [1.82, 2.24) is 0 Å². The summed E-state index contributed by atoms with van der Waals surface area (Å²) in [5, 5.41) is 0. The van der Waals surface area contributed by atoms with Crippen molar-refractivity contribution in [2.45, 2.75) is 68.1 Å². The van der Waals surface area contributed by atoms with Gasteiger partial charge in [0.25, 0.3) is 0 Å². The molecule has 0 aliphatic carbocycles. The van der Waals surface area contributed by atoms with Gasteiger partial charge in [-0.15, -0.1) is 0 Å². The van der Waals surface area contributed by atoms with E-state index in [1.54, 1.807) is 0 Å². The highest BCUT2D eigenvalue weighted by atomic mass is 19.4. The first-order valence-electron chi connectivity index (χ1n) is 7.85. The minimum atomic E-state index is -7.34. The molecule has 0 aromatic carbocycles. The Morgan fingerprint density at radius 3 is 1.85 bits per heavy atom. The molecule has 0 saturated carbocycles. The summed E-state index contributed by atoms with van der Waals surface area (Å²) in [4.78, 5) is 0. The van der Waals surface area contributed by atoms with E-state index in [0.29, 0.717) is 13.0 Å². The SMILES string of the molecule is FC(F)(F)C(F)(F)C(F)(F)C(F)(F)C(F)(F)CCCCOCC1CCCO1. The van der Waals surface area contributed by atoms with Crippen LogP contribution in [-0.2, 0) is 9.47 Å². The Hall–Kier alpha value is -0.850. The molecule has 1 heterocycles. The molecule has 1 fully saturated rings. The zero-order valence-corrected chi connectivity index (χ0v) is 13.7. The quantitative estimate of drug-likeness (QED) is 0.342. The molecule has 0 radical (unpaired) electrons. The molecule has 1 aliphatic heterocycles. The molecule has 2 nitrogen and oxygen atoms in total. The molecule has 1 saturated heterocycles. The van der Waals surface area contributed by atoms with E-state index in [9.17, 15) is 48.3 Å². The normalized spacial score (nSPS) is 20.3. The van der Waals surface area contributed by atoms with Gasteiger partial charge in [0.1, 0.15) is 0 Å². The van der Waals surface area contributed by atoms with Crippen LogP contribution in [-0.4, -0.2) is 55.8 Å². The largest absolute Gasteiger partial charge is 0.460 e. The molecule has 162 valence electrons. The average molecular weight is 426 g/mol. The lowest BCUT2D eigenvalue weighted by Crippen LogP contribution is -2.66. The molecule has 1 rings (SSSR count). The Balaban J connectivity index is 2.60. The van der Waals surface area contributed by atoms with E-state index in [-0.39, 0.29) is 25.7 Å². The van der Waals surface area contributed by atoms with Crippen LogP contribution in [0, 0.1) is 0 Å². The maximum Gasteiger partial charge on any atom is 0.460 e. The summed E-state index contributed by atoms with van der Waals surface area (Å²) in [5.41, 5.74) is 0. The van der Waals surface area contributed by atoms with Crippen LogP contribution in [0.25, 0.3) is 0 Å². The van der Waals surface area contributed by atoms with E-state index in [4.69, 9.17) is 9.47 Å². The monoisotopic (exact) mass is 426 g/mol. The number of alkyl halides is 11. The van der Waals surface area contributed by atoms with E-state index in [0.717, 1.165) is 6.42 Å². The van der Waals surface area contributed by atoms with Crippen molar-refractivity contribution in [1.29, 1.82) is 0 Å². The number of hydrogen-bond acceptors (Lipinski definition) is 2. The van der Waals surface area contributed by atoms with Crippen LogP contribution in [0.2, 0.25) is 0 Å². The molecule has 13 heteroatoms. The summed E-state index contributed by atoms with van der Waals surface area (Å²) >= 11 is 0. The summed E-state index contributed by atoms with van der Waals surface area (Å²) in [7, 11) is 0. The summed E-state index contributed by atoms with van der Waals surface area (Å²) in [6.45, 7) is 0.394. The van der Waals surface area contributed by atoms with Gasteiger partial charge in [-0.25, -0.2) is 0 Å². The highest BCUT2D eigenvalue weighted by Crippen LogP contribution is 2.58. The predicted molar refractivity (Wildman–Crippen MR) is 69.5 cm³/mol. The van der Waals surface area contributed by atoms with Gasteiger partial charge in [-0.1, -0.05) is 0 Å². The van der Waals surface area contributed by atoms with Crippen molar-refractivity contribution < 1.29 is 57.8 Å². The molecule has 0 spiro atoms. The standard InChI is InChI=1S/C14H17F11O2/c15-10(16,5-1-2-6-26-8-9-4-3-7-27-9)11(17,18)12(19,20)13(21,22)14(23,24)25/h9H,1-8H2. The van der Waals surface area contributed by atoms with E-state index >= 15 is 0 Å². The maximum atomic E-state index is 13.4. The van der Waals surface area contributed by atoms with Gasteiger partial charge in [-0.05, 0) is 25.7 Å². The molecule has 0 N–H and O–H groups in total. The lowest BCUT2D eigenvalue weighted by atomic mass is 9.95. The number of unbranched alkanes of at least 4 members (excludes halogenated alkanes) is 1. The first-order valence-corrected chi connectivity index (χ1v) is 7.85. The van der Waals surface area contributed by atoms with Gasteiger partial charge in [-0.3, -0.25) is 0 Å². The second-order valence-electron chi connectivity index (χ2n) is 6.09. The van der Waals surface area contributed by atoms with Crippen LogP contribution in [0.4, 0.5) is 48.3 Å². The van der Waals surface area contributed by atoms with Crippen molar-refractivity contribution in [3.63, 3.8) is 0 Å². The van der Waals surface area contributed by atoms with Crippen molar-refractivity contribution in [2.75, 3.05) is 19.8 Å². The minimum Gasteiger partial charge on any atom is -0.379 e. The Labute approximate surface area is 147 Å². The van der Waals surface area contributed by atoms with Crippen molar-refractivity contribution >= 4 is 0 Å². The summed E-state index contributed by atoms with van der Waals surface area (Å²) in [6, 6.07) is 0. The fourth-order valence-corrected chi connectivity index (χ4v) is 2.30. The second-order valence-corrected chi connectivity index (χ2v) is 6.09. The van der Waals surface area contributed by atoms with Gasteiger partial charge in [0.2, 0.25) is 0 Å². The van der Waals surface area contributed by atoms with E-state index in [1.165, 1.54) is 0 Å². The third-order valence-corrected chi connectivity index (χ3v) is 3.96. The predicted octanol–water partition coefficient (Wildman–Crippen LogP) is 5.46. The maximum absolute atomic E-state index is 13.4. The van der Waals surface area contributed by atoms with Crippen LogP contribution in [0.15, 0.2) is 0 Å². The lowest BCUT2D eigenvalue weighted by molar-refractivity contribution is -0.422. The minimum absolute atomic E-state index is 0.0996. The fourth-order valence-electron chi connectivity index (χ4n) is 2.30. The number of hydrogen-bond donors (Lipinski definition) is 0. The highest BCUT2D eigenvalue weighted by molar-refractivity contribution is 5.06. The summed E-state index contributed by atoms with van der Waals surface area (Å²) < 4.78 is 151. The van der Waals surface area contributed by atoms with E-state index < -0.39 is 42.7 Å². The first kappa shape index (κ1) is 24.2. The van der Waals surface area contributed by atoms with Gasteiger partial charge < -0.3 is 9.47 Å². The van der Waals surface area contributed by atoms with E-state index in [2.05, 4.69) is 0 Å². The van der Waals surface area contributed by atoms with E-state index in [1.807, 2.05) is 0 Å². The van der Waals surface area contributed by atoms with Crippen molar-refractivity contribution in [3.8, 4) is 0 Å². The number of rotatable bonds is 10. The second kappa shape index (κ2) is 8.26. The summed E-state index contributed by atoms with van der Waals surface area (Å²) in [6.07, 6.45) is -9.04. The third kappa shape index (κ3) is 4.96. The first-order chi connectivity index (χ1) is 12.1. The van der Waals surface area contributed by atoms with Crippen LogP contribution >= 0.6 is 0 Å². The number of ether oxygens (including phenoxy) is 2. The average Bonchev–Trinajstić information content (AvgIpc) is 3.02. The molecule has 1 aliphatic rings. The Bertz CT molecular complexity index is 470. The van der Waals surface area contributed by atoms with Gasteiger partial charge in [0.15, 0.2) is 0 Å². The molecule has 0 bridgehead atoms. The Kier molecular flexibility index (Phi) is 7.40. The Morgan fingerprint density at radius 2 is 1.37 bits per heavy atom. The lowest BCUT2D eigenvalue weighted by Gasteiger charge is -2.37. The smallest absolute Gasteiger partial charge is 0.379 e. The molecule has 0 aromatic rings. The summed E-state index contributed by atoms with van der Waals surface area (Å²) in [5.74, 6) is -27.4. The van der Waals surface area contributed by atoms with Crippen molar-refractivity contribution in [2.24, 2.45) is 0 Å². The van der Waals surface area contributed by atoms with Crippen LogP contribution in [0.3, 0.4) is 0 Å². The van der Waals surface area contributed by atoms with Crippen molar-refractivity contribution in [3.05, 3.63) is 0 Å².